The molecule has 1 saturated heterocycles. The van der Waals surface area contributed by atoms with Gasteiger partial charge >= 0.3 is 0 Å². The normalized spacial score (nSPS) is 17.2. The predicted octanol–water partition coefficient (Wildman–Crippen LogP) is 5.15. The standard InChI is InChI=1S/C25H27ClN2O3/c1-17(2)16-31-19-12-10-18(11-13-19)22-23(27-14-6-3-7-15-27)25(30)28(24(22)29)21-9-5-4-8-20(21)26/h4-5,8-13,17H,3,6-7,14-16H2,1-2H3. The second kappa shape index (κ2) is 9.15. The van der Waals surface area contributed by atoms with Crippen LogP contribution in [0.5, 0.6) is 5.75 Å². The van der Waals surface area contributed by atoms with E-state index in [2.05, 4.69) is 18.7 Å². The quantitative estimate of drug-likeness (QED) is 0.585. The van der Waals surface area contributed by atoms with Gasteiger partial charge in [-0.3, -0.25) is 9.59 Å². The third kappa shape index (κ3) is 4.33. The van der Waals surface area contributed by atoms with Crippen LogP contribution in [0.1, 0.15) is 38.7 Å². The molecule has 31 heavy (non-hydrogen) atoms. The highest BCUT2D eigenvalue weighted by Crippen LogP contribution is 2.38. The number of amides is 2. The number of carbonyl (C=O) groups is 2. The van der Waals surface area contributed by atoms with Crippen molar-refractivity contribution in [3.8, 4) is 5.75 Å². The Kier molecular flexibility index (Phi) is 6.33. The molecule has 162 valence electrons. The zero-order valence-electron chi connectivity index (χ0n) is 17.9. The van der Waals surface area contributed by atoms with E-state index in [1.165, 1.54) is 4.90 Å². The fourth-order valence-corrected chi connectivity index (χ4v) is 4.24. The van der Waals surface area contributed by atoms with Gasteiger partial charge in [-0.25, -0.2) is 4.90 Å². The Balaban J connectivity index is 1.73. The third-order valence-corrected chi connectivity index (χ3v) is 5.87. The monoisotopic (exact) mass is 438 g/mol. The van der Waals surface area contributed by atoms with E-state index in [0.717, 1.165) is 38.1 Å². The molecule has 1 fully saturated rings. The number of anilines is 1. The number of rotatable bonds is 6. The number of halogens is 1. The molecule has 0 unspecified atom stereocenters. The first kappa shape index (κ1) is 21.4. The largest absolute Gasteiger partial charge is 0.493 e. The van der Waals surface area contributed by atoms with Gasteiger partial charge in [0.1, 0.15) is 11.4 Å². The van der Waals surface area contributed by atoms with E-state index in [0.29, 0.717) is 40.1 Å². The van der Waals surface area contributed by atoms with E-state index in [4.69, 9.17) is 16.3 Å². The SMILES string of the molecule is CC(C)COc1ccc(C2=C(N3CCCCC3)C(=O)N(c3ccccc3Cl)C2=O)cc1. The van der Waals surface area contributed by atoms with Gasteiger partial charge in [-0.05, 0) is 55.0 Å². The number of ether oxygens (including phenoxy) is 1. The van der Waals surface area contributed by atoms with Crippen LogP contribution in [-0.4, -0.2) is 36.4 Å². The maximum absolute atomic E-state index is 13.6. The summed E-state index contributed by atoms with van der Waals surface area (Å²) in [5.74, 6) is 0.522. The minimum Gasteiger partial charge on any atom is -0.493 e. The van der Waals surface area contributed by atoms with Gasteiger partial charge in [-0.1, -0.05) is 49.7 Å². The lowest BCUT2D eigenvalue weighted by Crippen LogP contribution is -2.37. The Labute approximate surface area is 188 Å². The fraction of sp³-hybridized carbons (Fsp3) is 0.360. The molecule has 5 nitrogen and oxygen atoms in total. The summed E-state index contributed by atoms with van der Waals surface area (Å²) in [6, 6.07) is 14.4. The molecule has 2 amide bonds. The molecule has 4 rings (SSSR count). The molecule has 0 aliphatic carbocycles. The Hall–Kier alpha value is -2.79. The van der Waals surface area contributed by atoms with Crippen molar-refractivity contribution in [2.24, 2.45) is 5.92 Å². The maximum atomic E-state index is 13.6. The van der Waals surface area contributed by atoms with Gasteiger partial charge in [0.2, 0.25) is 0 Å². The molecular weight excluding hydrogens is 412 g/mol. The highest BCUT2D eigenvalue weighted by molar-refractivity contribution is 6.47. The van der Waals surface area contributed by atoms with Crippen LogP contribution in [0.4, 0.5) is 5.69 Å². The minimum absolute atomic E-state index is 0.310. The van der Waals surface area contributed by atoms with E-state index >= 15 is 0 Å². The van der Waals surface area contributed by atoms with Crippen LogP contribution in [0, 0.1) is 5.92 Å². The lowest BCUT2D eigenvalue weighted by molar-refractivity contribution is -0.120. The maximum Gasteiger partial charge on any atom is 0.282 e. The topological polar surface area (TPSA) is 49.9 Å². The number of nitrogens with zero attached hydrogens (tertiary/aromatic N) is 2. The molecule has 0 spiro atoms. The first-order valence-electron chi connectivity index (χ1n) is 10.8. The smallest absolute Gasteiger partial charge is 0.282 e. The summed E-state index contributed by atoms with van der Waals surface area (Å²) in [4.78, 5) is 30.3. The average Bonchev–Trinajstić information content (AvgIpc) is 3.03. The molecule has 2 aliphatic rings. The van der Waals surface area contributed by atoms with E-state index < -0.39 is 0 Å². The van der Waals surface area contributed by atoms with Gasteiger partial charge in [-0.15, -0.1) is 0 Å². The van der Waals surface area contributed by atoms with Gasteiger partial charge in [0.05, 0.1) is 22.9 Å². The number of piperidine rings is 1. The first-order chi connectivity index (χ1) is 15.0. The molecule has 6 heteroatoms. The third-order valence-electron chi connectivity index (χ3n) is 5.55. The Morgan fingerprint density at radius 1 is 0.935 bits per heavy atom. The number of para-hydroxylation sites is 1. The number of likely N-dealkylation sites (tertiary alicyclic amines) is 1. The highest BCUT2D eigenvalue weighted by Gasteiger charge is 2.43. The number of hydrogen-bond acceptors (Lipinski definition) is 4. The number of hydrogen-bond donors (Lipinski definition) is 0. The summed E-state index contributed by atoms with van der Waals surface area (Å²) < 4.78 is 5.78. The summed E-state index contributed by atoms with van der Waals surface area (Å²) in [5.41, 5.74) is 2.04. The van der Waals surface area contributed by atoms with E-state index in [9.17, 15) is 9.59 Å². The summed E-state index contributed by atoms with van der Waals surface area (Å²) >= 11 is 6.35. The Morgan fingerprint density at radius 2 is 1.61 bits per heavy atom. The van der Waals surface area contributed by atoms with Crippen LogP contribution in [0.15, 0.2) is 54.2 Å². The second-order valence-corrected chi connectivity index (χ2v) is 8.80. The van der Waals surface area contributed by atoms with Crippen LogP contribution < -0.4 is 9.64 Å². The van der Waals surface area contributed by atoms with Crippen molar-refractivity contribution in [1.82, 2.24) is 4.90 Å². The minimum atomic E-state index is -0.338. The number of carbonyl (C=O) groups excluding carboxylic acids is 2. The molecule has 0 saturated carbocycles. The van der Waals surface area contributed by atoms with E-state index in [1.54, 1.807) is 24.3 Å². The summed E-state index contributed by atoms with van der Waals surface area (Å²) in [5, 5.41) is 0.376. The number of benzene rings is 2. The van der Waals surface area contributed by atoms with Crippen LogP contribution in [0.3, 0.4) is 0 Å². The van der Waals surface area contributed by atoms with Crippen molar-refractivity contribution in [3.63, 3.8) is 0 Å². The van der Waals surface area contributed by atoms with E-state index in [-0.39, 0.29) is 11.8 Å². The summed E-state index contributed by atoms with van der Waals surface area (Å²) in [7, 11) is 0. The van der Waals surface area contributed by atoms with E-state index in [1.807, 2.05) is 24.3 Å². The summed E-state index contributed by atoms with van der Waals surface area (Å²) in [6.07, 6.45) is 3.15. The average molecular weight is 439 g/mol. The van der Waals surface area contributed by atoms with Crippen molar-refractivity contribution in [3.05, 3.63) is 64.8 Å². The molecular formula is C25H27ClN2O3. The molecule has 0 aromatic heterocycles. The van der Waals surface area contributed by atoms with Crippen LogP contribution >= 0.6 is 11.6 Å². The van der Waals surface area contributed by atoms with Gasteiger partial charge in [-0.2, -0.15) is 0 Å². The number of imide groups is 1. The lowest BCUT2D eigenvalue weighted by atomic mass is 10.0. The zero-order chi connectivity index (χ0) is 22.0. The zero-order valence-corrected chi connectivity index (χ0v) is 18.7. The first-order valence-corrected chi connectivity index (χ1v) is 11.2. The van der Waals surface area contributed by atoms with Crippen molar-refractivity contribution < 1.29 is 14.3 Å². The van der Waals surface area contributed by atoms with Crippen molar-refractivity contribution >= 4 is 34.7 Å². The molecule has 0 radical (unpaired) electrons. The fourth-order valence-electron chi connectivity index (χ4n) is 4.02. The van der Waals surface area contributed by atoms with Gasteiger partial charge in [0, 0.05) is 13.1 Å². The molecule has 0 N–H and O–H groups in total. The van der Waals surface area contributed by atoms with Crippen LogP contribution in [0.25, 0.3) is 5.57 Å². The van der Waals surface area contributed by atoms with Gasteiger partial charge in [0.25, 0.3) is 11.8 Å². The second-order valence-electron chi connectivity index (χ2n) is 8.40. The molecule has 0 bridgehead atoms. The van der Waals surface area contributed by atoms with Crippen molar-refractivity contribution in [2.45, 2.75) is 33.1 Å². The van der Waals surface area contributed by atoms with Gasteiger partial charge in [0.15, 0.2) is 0 Å². The molecule has 2 aromatic carbocycles. The predicted molar refractivity (Wildman–Crippen MR) is 123 cm³/mol. The van der Waals surface area contributed by atoms with Crippen molar-refractivity contribution in [2.75, 3.05) is 24.6 Å². The molecule has 2 heterocycles. The molecule has 2 aromatic rings. The van der Waals surface area contributed by atoms with Gasteiger partial charge < -0.3 is 9.64 Å². The summed E-state index contributed by atoms with van der Waals surface area (Å²) in [6.45, 7) is 6.35. The Bertz CT molecular complexity index is 1010. The lowest BCUT2D eigenvalue weighted by Gasteiger charge is -2.29. The van der Waals surface area contributed by atoms with Crippen LogP contribution in [0.2, 0.25) is 5.02 Å². The molecule has 0 atom stereocenters. The Morgan fingerprint density at radius 3 is 2.26 bits per heavy atom. The molecule has 2 aliphatic heterocycles. The van der Waals surface area contributed by atoms with Crippen LogP contribution in [-0.2, 0) is 9.59 Å². The highest BCUT2D eigenvalue weighted by atomic mass is 35.5. The van der Waals surface area contributed by atoms with Crippen molar-refractivity contribution in [1.29, 1.82) is 0 Å².